The van der Waals surface area contributed by atoms with Crippen LogP contribution in [0.4, 0.5) is 11.8 Å². The molecular weight excluding hydrogens is 284 g/mol. The molecule has 0 spiro atoms. The topological polar surface area (TPSA) is 125 Å². The molecule has 4 rings (SSSR count). The molecule has 1 fully saturated rings. The van der Waals surface area contributed by atoms with Gasteiger partial charge in [-0.2, -0.15) is 9.97 Å². The number of ether oxygens (including phenoxy) is 1. The first-order valence-electron chi connectivity index (χ1n) is 7.36. The molecule has 0 radical (unpaired) electrons. The van der Waals surface area contributed by atoms with E-state index in [1.54, 1.807) is 6.33 Å². The minimum Gasteiger partial charge on any atom is -0.394 e. The van der Waals surface area contributed by atoms with Crippen LogP contribution in [-0.2, 0) is 4.74 Å². The molecular formula is C14H18N6O2. The number of nitrogens with two attached hydrogens (primary N) is 2. The number of nitrogen functional groups attached to an aromatic ring is 2. The fraction of sp³-hybridized carbons (Fsp3) is 0.500. The number of rotatable bonds is 2. The fourth-order valence-electron chi connectivity index (χ4n) is 3.58. The summed E-state index contributed by atoms with van der Waals surface area (Å²) < 4.78 is 7.94. The lowest BCUT2D eigenvalue weighted by molar-refractivity contribution is -0.0349. The van der Waals surface area contributed by atoms with Crippen LogP contribution in [-0.4, -0.2) is 37.3 Å². The van der Waals surface area contributed by atoms with E-state index in [-0.39, 0.29) is 36.6 Å². The van der Waals surface area contributed by atoms with Crippen LogP contribution in [0.2, 0.25) is 0 Å². The fourth-order valence-corrected chi connectivity index (χ4v) is 3.58. The van der Waals surface area contributed by atoms with Gasteiger partial charge < -0.3 is 21.3 Å². The summed E-state index contributed by atoms with van der Waals surface area (Å²) in [6, 6.07) is 0. The number of aliphatic hydroxyl groups is 1. The second-order valence-electron chi connectivity index (χ2n) is 5.81. The van der Waals surface area contributed by atoms with Gasteiger partial charge in [-0.1, -0.05) is 12.2 Å². The molecule has 0 saturated carbocycles. The Morgan fingerprint density at radius 1 is 1.23 bits per heavy atom. The molecule has 0 amide bonds. The summed E-state index contributed by atoms with van der Waals surface area (Å²) in [7, 11) is 0. The molecule has 4 atom stereocenters. The second-order valence-corrected chi connectivity index (χ2v) is 5.81. The molecule has 3 heterocycles. The Kier molecular flexibility index (Phi) is 3.02. The van der Waals surface area contributed by atoms with E-state index in [1.807, 2.05) is 4.57 Å². The van der Waals surface area contributed by atoms with Crippen molar-refractivity contribution >= 4 is 22.9 Å². The lowest BCUT2D eigenvalue weighted by Crippen LogP contribution is -2.25. The molecule has 0 unspecified atom stereocenters. The van der Waals surface area contributed by atoms with E-state index in [0.717, 1.165) is 12.8 Å². The second kappa shape index (κ2) is 4.92. The van der Waals surface area contributed by atoms with Gasteiger partial charge in [0.2, 0.25) is 5.95 Å². The first kappa shape index (κ1) is 13.5. The smallest absolute Gasteiger partial charge is 0.224 e. The van der Waals surface area contributed by atoms with E-state index < -0.39 is 0 Å². The van der Waals surface area contributed by atoms with Crippen LogP contribution < -0.4 is 11.5 Å². The van der Waals surface area contributed by atoms with E-state index in [1.165, 1.54) is 0 Å². The molecule has 8 nitrogen and oxygen atoms in total. The zero-order valence-corrected chi connectivity index (χ0v) is 12.0. The highest BCUT2D eigenvalue weighted by Gasteiger charge is 2.45. The maximum Gasteiger partial charge on any atom is 0.224 e. The van der Waals surface area contributed by atoms with Crippen molar-refractivity contribution in [2.45, 2.75) is 25.2 Å². The Morgan fingerprint density at radius 2 is 2.00 bits per heavy atom. The third-order valence-electron chi connectivity index (χ3n) is 4.61. The summed E-state index contributed by atoms with van der Waals surface area (Å²) in [5.74, 6) is 0.951. The molecule has 1 aliphatic heterocycles. The molecule has 0 bridgehead atoms. The normalized spacial score (nSPS) is 30.8. The minimum absolute atomic E-state index is 0.0113. The summed E-state index contributed by atoms with van der Waals surface area (Å²) >= 11 is 0. The molecule has 2 aromatic heterocycles. The summed E-state index contributed by atoms with van der Waals surface area (Å²) in [4.78, 5) is 12.5. The molecule has 1 saturated heterocycles. The van der Waals surface area contributed by atoms with Gasteiger partial charge in [-0.05, 0) is 18.8 Å². The number of hydrogen-bond acceptors (Lipinski definition) is 7. The Bertz CT molecular complexity index is 742. The predicted molar refractivity (Wildman–Crippen MR) is 80.5 cm³/mol. The highest BCUT2D eigenvalue weighted by Crippen LogP contribution is 2.46. The summed E-state index contributed by atoms with van der Waals surface area (Å²) in [5, 5.41) is 9.58. The SMILES string of the molecule is Nc1nc(N)c2ncn([C@@H]3O[C@H](CO)[C@H]4CC=CC[C@H]43)c2n1. The van der Waals surface area contributed by atoms with Gasteiger partial charge in [-0.3, -0.25) is 4.57 Å². The Morgan fingerprint density at radius 3 is 2.77 bits per heavy atom. The van der Waals surface area contributed by atoms with Gasteiger partial charge in [-0.15, -0.1) is 0 Å². The van der Waals surface area contributed by atoms with Crippen LogP contribution in [0.3, 0.4) is 0 Å². The average molecular weight is 302 g/mol. The molecule has 5 N–H and O–H groups in total. The first-order chi connectivity index (χ1) is 10.7. The van der Waals surface area contributed by atoms with E-state index in [9.17, 15) is 5.11 Å². The maximum atomic E-state index is 9.58. The van der Waals surface area contributed by atoms with Crippen LogP contribution >= 0.6 is 0 Å². The molecule has 116 valence electrons. The molecule has 2 aromatic rings. The van der Waals surface area contributed by atoms with Crippen LogP contribution in [0.15, 0.2) is 18.5 Å². The molecule has 8 heteroatoms. The predicted octanol–water partition coefficient (Wildman–Crippen LogP) is 0.463. The van der Waals surface area contributed by atoms with E-state index >= 15 is 0 Å². The average Bonchev–Trinajstić information content (AvgIpc) is 3.08. The molecule has 1 aliphatic carbocycles. The van der Waals surface area contributed by atoms with Crippen molar-refractivity contribution in [1.29, 1.82) is 0 Å². The van der Waals surface area contributed by atoms with Crippen LogP contribution in [0.5, 0.6) is 0 Å². The molecule has 22 heavy (non-hydrogen) atoms. The van der Waals surface area contributed by atoms with E-state index in [4.69, 9.17) is 16.2 Å². The van der Waals surface area contributed by atoms with Gasteiger partial charge in [0.25, 0.3) is 0 Å². The number of aliphatic hydroxyl groups excluding tert-OH is 1. The summed E-state index contributed by atoms with van der Waals surface area (Å²) in [5.41, 5.74) is 12.6. The highest BCUT2D eigenvalue weighted by molar-refractivity contribution is 5.82. The van der Waals surface area contributed by atoms with E-state index in [2.05, 4.69) is 27.1 Å². The van der Waals surface area contributed by atoms with Gasteiger partial charge in [0.05, 0.1) is 19.0 Å². The highest BCUT2D eigenvalue weighted by atomic mass is 16.5. The Hall–Kier alpha value is -2.19. The standard InChI is InChI=1S/C14H18N6O2/c15-11-10-12(19-14(16)18-11)20(6-17-10)13-8-4-2-1-3-7(8)9(5-21)22-13/h1-2,6-9,13,21H,3-5H2,(H4,15,16,18,19)/t7-,8+,9+,13+/m0/s1. The first-order valence-corrected chi connectivity index (χ1v) is 7.36. The summed E-state index contributed by atoms with van der Waals surface area (Å²) in [6.45, 7) is 0.0113. The maximum absolute atomic E-state index is 9.58. The van der Waals surface area contributed by atoms with Crippen molar-refractivity contribution in [2.75, 3.05) is 18.1 Å². The zero-order valence-electron chi connectivity index (χ0n) is 12.0. The van der Waals surface area contributed by atoms with Crippen molar-refractivity contribution < 1.29 is 9.84 Å². The van der Waals surface area contributed by atoms with Crippen molar-refractivity contribution in [3.63, 3.8) is 0 Å². The third kappa shape index (κ3) is 1.87. The van der Waals surface area contributed by atoms with E-state index in [0.29, 0.717) is 17.1 Å². The number of anilines is 2. The zero-order chi connectivity index (χ0) is 15.3. The number of hydrogen-bond donors (Lipinski definition) is 3. The van der Waals surface area contributed by atoms with Gasteiger partial charge in [0.1, 0.15) is 11.7 Å². The quantitative estimate of drug-likeness (QED) is 0.688. The molecule has 0 aromatic carbocycles. The Balaban J connectivity index is 1.80. The third-order valence-corrected chi connectivity index (χ3v) is 4.61. The van der Waals surface area contributed by atoms with Gasteiger partial charge in [0.15, 0.2) is 11.5 Å². The molecule has 2 aliphatic rings. The van der Waals surface area contributed by atoms with Crippen LogP contribution in [0.1, 0.15) is 19.1 Å². The van der Waals surface area contributed by atoms with Crippen molar-refractivity contribution in [3.8, 4) is 0 Å². The largest absolute Gasteiger partial charge is 0.394 e. The monoisotopic (exact) mass is 302 g/mol. The van der Waals surface area contributed by atoms with Crippen molar-refractivity contribution in [1.82, 2.24) is 19.5 Å². The number of fused-ring (bicyclic) bond motifs is 2. The van der Waals surface area contributed by atoms with Gasteiger partial charge >= 0.3 is 0 Å². The minimum atomic E-state index is -0.231. The van der Waals surface area contributed by atoms with Crippen molar-refractivity contribution in [2.24, 2.45) is 11.8 Å². The van der Waals surface area contributed by atoms with Crippen LogP contribution in [0.25, 0.3) is 11.2 Å². The van der Waals surface area contributed by atoms with Crippen LogP contribution in [0, 0.1) is 11.8 Å². The lowest BCUT2D eigenvalue weighted by Gasteiger charge is -2.25. The number of nitrogens with zero attached hydrogens (tertiary/aromatic N) is 4. The lowest BCUT2D eigenvalue weighted by atomic mass is 9.81. The van der Waals surface area contributed by atoms with Gasteiger partial charge in [-0.25, -0.2) is 4.98 Å². The summed E-state index contributed by atoms with van der Waals surface area (Å²) in [6.07, 6.45) is 7.39. The van der Waals surface area contributed by atoms with Gasteiger partial charge in [0, 0.05) is 5.92 Å². The number of imidazole rings is 1. The number of aromatic nitrogens is 4. The van der Waals surface area contributed by atoms with Crippen molar-refractivity contribution in [3.05, 3.63) is 18.5 Å². The Labute approximate surface area is 126 Å². The number of allylic oxidation sites excluding steroid dienone is 2.